The molecule has 2 N–H and O–H groups in total. The summed E-state index contributed by atoms with van der Waals surface area (Å²) in [5.41, 5.74) is 0.444. The summed E-state index contributed by atoms with van der Waals surface area (Å²) in [6.07, 6.45) is 0. The van der Waals surface area contributed by atoms with E-state index in [-0.39, 0.29) is 16.5 Å². The lowest BCUT2D eigenvalue weighted by Crippen LogP contribution is -2.33. The van der Waals surface area contributed by atoms with Crippen LogP contribution >= 0.6 is 11.8 Å². The summed E-state index contributed by atoms with van der Waals surface area (Å²) in [7, 11) is 1.54. The number of hydrogen-bond donors (Lipinski definition) is 2. The number of amides is 1. The molecule has 1 aromatic heterocycles. The van der Waals surface area contributed by atoms with Gasteiger partial charge < -0.3 is 20.1 Å². The molecule has 8 nitrogen and oxygen atoms in total. The van der Waals surface area contributed by atoms with Crippen molar-refractivity contribution in [2.24, 2.45) is 7.05 Å². The molecule has 1 heterocycles. The summed E-state index contributed by atoms with van der Waals surface area (Å²) in [6.45, 7) is 1.62. The van der Waals surface area contributed by atoms with Crippen molar-refractivity contribution in [3.63, 3.8) is 0 Å². The molecule has 0 saturated carbocycles. The fourth-order valence-corrected chi connectivity index (χ4v) is 2.45. The number of aromatic carboxylic acids is 1. The molecular weight excluding hydrogens is 310 g/mol. The first kappa shape index (κ1) is 15.8. The van der Waals surface area contributed by atoms with E-state index in [0.717, 1.165) is 11.8 Å². The van der Waals surface area contributed by atoms with Crippen molar-refractivity contribution in [2.45, 2.75) is 17.2 Å². The smallest absolute Gasteiger partial charge is 0.335 e. The summed E-state index contributed by atoms with van der Waals surface area (Å²) in [6, 6.07) is 5.90. The summed E-state index contributed by atoms with van der Waals surface area (Å²) in [4.78, 5) is 23.0. The van der Waals surface area contributed by atoms with Crippen LogP contribution in [0.25, 0.3) is 0 Å². The third kappa shape index (κ3) is 3.55. The average Bonchev–Trinajstić information content (AvgIpc) is 2.79. The summed E-state index contributed by atoms with van der Waals surface area (Å²) in [5.74, 6) is -2.06. The Morgan fingerprint density at radius 2 is 2.23 bits per heavy atom. The zero-order valence-corrected chi connectivity index (χ0v) is 12.6. The maximum Gasteiger partial charge on any atom is 0.335 e. The molecule has 9 heteroatoms. The molecule has 1 aromatic carbocycles. The lowest BCUT2D eigenvalue weighted by atomic mass is 10.2. The first-order chi connectivity index (χ1) is 10.4. The maximum absolute atomic E-state index is 12.1. The maximum atomic E-state index is 12.1. The zero-order chi connectivity index (χ0) is 16.3. The van der Waals surface area contributed by atoms with E-state index < -0.39 is 17.2 Å². The molecule has 0 radical (unpaired) electrons. The van der Waals surface area contributed by atoms with E-state index in [1.807, 2.05) is 0 Å². The molecule has 116 valence electrons. The van der Waals surface area contributed by atoms with E-state index in [4.69, 9.17) is 5.11 Å². The molecule has 0 saturated heterocycles. The zero-order valence-electron chi connectivity index (χ0n) is 11.8. The van der Waals surface area contributed by atoms with Crippen LogP contribution in [0.15, 0.2) is 33.8 Å². The third-order valence-electron chi connectivity index (χ3n) is 2.75. The van der Waals surface area contributed by atoms with Gasteiger partial charge in [-0.15, -0.1) is 0 Å². The van der Waals surface area contributed by atoms with Gasteiger partial charge in [-0.3, -0.25) is 4.79 Å². The second kappa shape index (κ2) is 6.48. The van der Waals surface area contributed by atoms with Crippen LogP contribution in [-0.4, -0.2) is 27.5 Å². The van der Waals surface area contributed by atoms with Crippen molar-refractivity contribution in [1.29, 1.82) is 0 Å². The van der Waals surface area contributed by atoms with Crippen LogP contribution in [0.5, 0.6) is 5.95 Å². The lowest BCUT2D eigenvalue weighted by molar-refractivity contribution is -0.772. The second-order valence-electron chi connectivity index (χ2n) is 4.42. The topological polar surface area (TPSA) is 119 Å². The molecule has 22 heavy (non-hydrogen) atoms. The Labute approximate surface area is 129 Å². The molecule has 1 unspecified atom stereocenters. The van der Waals surface area contributed by atoms with Crippen molar-refractivity contribution >= 4 is 29.3 Å². The average molecular weight is 323 g/mol. The van der Waals surface area contributed by atoms with Gasteiger partial charge in [-0.25, -0.2) is 4.79 Å². The minimum absolute atomic E-state index is 0.0744. The van der Waals surface area contributed by atoms with Crippen molar-refractivity contribution < 1.29 is 29.0 Å². The number of anilines is 1. The van der Waals surface area contributed by atoms with E-state index in [9.17, 15) is 14.7 Å². The van der Waals surface area contributed by atoms with E-state index >= 15 is 0 Å². The van der Waals surface area contributed by atoms with Crippen LogP contribution in [0.4, 0.5) is 5.69 Å². The molecule has 2 aromatic rings. The fourth-order valence-electron chi connectivity index (χ4n) is 1.63. The van der Waals surface area contributed by atoms with Crippen LogP contribution in [0.3, 0.4) is 0 Å². The number of rotatable bonds is 5. The molecule has 1 atom stereocenters. The number of thioether (sulfide) groups is 1. The fraction of sp³-hybridized carbons (Fsp3) is 0.231. The summed E-state index contributed by atoms with van der Waals surface area (Å²) < 4.78 is 5.73. The van der Waals surface area contributed by atoms with Crippen LogP contribution in [0.2, 0.25) is 0 Å². The molecule has 0 aliphatic carbocycles. The van der Waals surface area contributed by atoms with Gasteiger partial charge in [0.15, 0.2) is 13.0 Å². The highest BCUT2D eigenvalue weighted by Crippen LogP contribution is 2.26. The highest BCUT2D eigenvalue weighted by atomic mass is 32.2. The van der Waals surface area contributed by atoms with Crippen molar-refractivity contribution in [3.8, 4) is 5.95 Å². The SMILES string of the molecule is CC(Sc1c([O-])on[n+]1C)C(=O)Nc1cccc(C(=O)O)c1. The number of carboxylic acids is 1. The molecule has 1 amide bonds. The Morgan fingerprint density at radius 1 is 1.50 bits per heavy atom. The minimum atomic E-state index is -1.08. The van der Waals surface area contributed by atoms with Gasteiger partial charge in [0.1, 0.15) is 0 Å². The largest absolute Gasteiger partial charge is 0.538 e. The van der Waals surface area contributed by atoms with Crippen LogP contribution in [0, 0.1) is 0 Å². The van der Waals surface area contributed by atoms with Gasteiger partial charge in [0.05, 0.1) is 16.1 Å². The molecule has 2 rings (SSSR count). The number of hydrogen-bond acceptors (Lipinski definition) is 6. The Balaban J connectivity index is 2.05. The monoisotopic (exact) mass is 323 g/mol. The number of carboxylic acid groups (broad SMARTS) is 1. The van der Waals surface area contributed by atoms with Crippen molar-refractivity contribution in [2.75, 3.05) is 5.32 Å². The Hall–Kier alpha value is -2.55. The first-order valence-corrected chi connectivity index (χ1v) is 7.10. The van der Waals surface area contributed by atoms with Gasteiger partial charge >= 0.3 is 5.97 Å². The second-order valence-corrected chi connectivity index (χ2v) is 5.75. The molecule has 0 bridgehead atoms. The van der Waals surface area contributed by atoms with Gasteiger partial charge in [0.2, 0.25) is 5.91 Å². The number of aryl methyl sites for hydroxylation is 1. The van der Waals surface area contributed by atoms with Crippen molar-refractivity contribution in [1.82, 2.24) is 5.27 Å². The van der Waals surface area contributed by atoms with Gasteiger partial charge in [0, 0.05) is 5.69 Å². The van der Waals surface area contributed by atoms with E-state index in [1.54, 1.807) is 13.0 Å². The Morgan fingerprint density at radius 3 is 2.82 bits per heavy atom. The molecule has 0 spiro atoms. The Kier molecular flexibility index (Phi) is 4.66. The highest BCUT2D eigenvalue weighted by molar-refractivity contribution is 8.00. The number of carbonyl (C=O) groups excluding carboxylic acids is 1. The molecular formula is C13H13N3O5S. The van der Waals surface area contributed by atoms with Crippen LogP contribution < -0.4 is 15.1 Å². The van der Waals surface area contributed by atoms with E-state index in [0.29, 0.717) is 5.69 Å². The van der Waals surface area contributed by atoms with Crippen LogP contribution in [0.1, 0.15) is 17.3 Å². The minimum Gasteiger partial charge on any atom is -0.538 e. The Bertz CT molecular complexity index is 696. The van der Waals surface area contributed by atoms with E-state index in [1.165, 1.54) is 29.9 Å². The lowest BCUT2D eigenvalue weighted by Gasteiger charge is -2.10. The predicted molar refractivity (Wildman–Crippen MR) is 74.5 cm³/mol. The van der Waals surface area contributed by atoms with Gasteiger partial charge in [0.25, 0.3) is 5.03 Å². The summed E-state index contributed by atoms with van der Waals surface area (Å²) >= 11 is 1.01. The number of nitrogens with zero attached hydrogens (tertiary/aromatic N) is 2. The number of benzene rings is 1. The molecule has 0 fully saturated rings. The van der Waals surface area contributed by atoms with Crippen molar-refractivity contribution in [3.05, 3.63) is 29.8 Å². The number of carbonyl (C=O) groups is 2. The summed E-state index contributed by atoms with van der Waals surface area (Å²) in [5, 5.41) is 26.0. The predicted octanol–water partition coefficient (Wildman–Crippen LogP) is 0.390. The number of aromatic nitrogens is 2. The molecule has 0 aliphatic heterocycles. The first-order valence-electron chi connectivity index (χ1n) is 6.22. The molecule has 0 aliphatic rings. The quantitative estimate of drug-likeness (QED) is 0.603. The normalized spacial score (nSPS) is 11.9. The van der Waals surface area contributed by atoms with Gasteiger partial charge in [-0.1, -0.05) is 10.7 Å². The third-order valence-corrected chi connectivity index (χ3v) is 3.97. The van der Waals surface area contributed by atoms with Crippen LogP contribution in [-0.2, 0) is 11.8 Å². The standard InChI is InChI=1S/C13H13N3O5S/c1-7(22-11-13(20)21-15-16(11)2)10(17)14-9-5-3-4-8(6-9)12(18)19/h3-7H,1-2H3,(H2-,14,15,17,18,19,20). The number of nitrogens with one attached hydrogen (secondary N) is 1. The highest BCUT2D eigenvalue weighted by Gasteiger charge is 2.23. The van der Waals surface area contributed by atoms with E-state index in [2.05, 4.69) is 15.1 Å². The van der Waals surface area contributed by atoms with Gasteiger partial charge in [-0.05, 0) is 36.9 Å². The van der Waals surface area contributed by atoms with Gasteiger partial charge in [-0.2, -0.15) is 0 Å².